The topological polar surface area (TPSA) is 35.6 Å². The Labute approximate surface area is 179 Å². The molecule has 3 aromatic rings. The fraction of sp³-hybridized carbons (Fsp3) is 0.269. The molecule has 1 heterocycles. The van der Waals surface area contributed by atoms with Crippen molar-refractivity contribution in [1.82, 2.24) is 9.80 Å². The third-order valence-electron chi connectivity index (χ3n) is 5.87. The number of nitrogens with one attached hydrogen (secondary N) is 1. The minimum atomic E-state index is -0.0244. The number of carbonyl (C=O) groups excluding carboxylic acids is 1. The molecule has 0 spiro atoms. The van der Waals surface area contributed by atoms with Crippen molar-refractivity contribution in [2.45, 2.75) is 19.9 Å². The maximum Gasteiger partial charge on any atom is 0.321 e. The van der Waals surface area contributed by atoms with Gasteiger partial charge in [-0.2, -0.15) is 0 Å². The van der Waals surface area contributed by atoms with Gasteiger partial charge in [0.15, 0.2) is 0 Å². The molecule has 1 unspecified atom stereocenters. The minimum Gasteiger partial charge on any atom is -0.322 e. The zero-order valence-electron chi connectivity index (χ0n) is 17.7. The van der Waals surface area contributed by atoms with Crippen LogP contribution in [-0.4, -0.2) is 42.0 Å². The first-order chi connectivity index (χ1) is 14.6. The molecule has 2 amide bonds. The minimum absolute atomic E-state index is 0.0244. The summed E-state index contributed by atoms with van der Waals surface area (Å²) in [6.07, 6.45) is 0. The summed E-state index contributed by atoms with van der Waals surface area (Å²) in [6, 6.07) is 27.3. The van der Waals surface area contributed by atoms with Crippen molar-refractivity contribution in [2.75, 3.05) is 31.5 Å². The number of hydrogen-bond acceptors (Lipinski definition) is 2. The highest BCUT2D eigenvalue weighted by Gasteiger charge is 2.29. The van der Waals surface area contributed by atoms with Crippen LogP contribution in [0.4, 0.5) is 10.5 Å². The summed E-state index contributed by atoms with van der Waals surface area (Å²) in [4.78, 5) is 17.1. The molecule has 1 aliphatic rings. The van der Waals surface area contributed by atoms with Crippen LogP contribution in [0.2, 0.25) is 0 Å². The van der Waals surface area contributed by atoms with Crippen LogP contribution in [0.1, 0.15) is 28.3 Å². The third-order valence-corrected chi connectivity index (χ3v) is 5.87. The average molecular weight is 400 g/mol. The lowest BCUT2D eigenvalue weighted by Crippen LogP contribution is -2.51. The summed E-state index contributed by atoms with van der Waals surface area (Å²) in [6.45, 7) is 7.42. The fourth-order valence-corrected chi connectivity index (χ4v) is 4.14. The SMILES string of the molecule is Cc1ccc(C(c2ccccc2C)N2CCN(C(=O)Nc3ccccc3)CC2)cc1. The predicted octanol–water partition coefficient (Wildman–Crippen LogP) is 5.24. The van der Waals surface area contributed by atoms with Crippen molar-refractivity contribution in [2.24, 2.45) is 0 Å². The Morgan fingerprint density at radius 3 is 2.10 bits per heavy atom. The normalized spacial score (nSPS) is 15.6. The average Bonchev–Trinajstić information content (AvgIpc) is 2.78. The second kappa shape index (κ2) is 9.14. The van der Waals surface area contributed by atoms with Crippen molar-refractivity contribution in [3.8, 4) is 0 Å². The van der Waals surface area contributed by atoms with Gasteiger partial charge in [0.2, 0.25) is 0 Å². The highest BCUT2D eigenvalue weighted by Crippen LogP contribution is 2.32. The van der Waals surface area contributed by atoms with Crippen LogP contribution < -0.4 is 5.32 Å². The summed E-state index contributed by atoms with van der Waals surface area (Å²) in [5.74, 6) is 0. The van der Waals surface area contributed by atoms with Gasteiger partial charge in [0.1, 0.15) is 0 Å². The van der Waals surface area contributed by atoms with Crippen molar-refractivity contribution >= 4 is 11.7 Å². The van der Waals surface area contributed by atoms with E-state index in [0.29, 0.717) is 13.1 Å². The van der Waals surface area contributed by atoms with Gasteiger partial charge in [0.25, 0.3) is 0 Å². The molecule has 1 atom stereocenters. The third kappa shape index (κ3) is 4.55. The van der Waals surface area contributed by atoms with Gasteiger partial charge in [-0.05, 0) is 42.7 Å². The summed E-state index contributed by atoms with van der Waals surface area (Å²) >= 11 is 0. The second-order valence-corrected chi connectivity index (χ2v) is 7.99. The molecule has 1 N–H and O–H groups in total. The van der Waals surface area contributed by atoms with Crippen LogP contribution in [0, 0.1) is 13.8 Å². The number of carbonyl (C=O) groups is 1. The predicted molar refractivity (Wildman–Crippen MR) is 123 cm³/mol. The second-order valence-electron chi connectivity index (χ2n) is 7.99. The van der Waals surface area contributed by atoms with Crippen molar-refractivity contribution in [1.29, 1.82) is 0 Å². The van der Waals surface area contributed by atoms with Crippen LogP contribution in [0.5, 0.6) is 0 Å². The molecule has 1 fully saturated rings. The Hall–Kier alpha value is -3.11. The highest BCUT2D eigenvalue weighted by molar-refractivity contribution is 5.89. The number of aryl methyl sites for hydroxylation is 2. The molecule has 0 radical (unpaired) electrons. The van der Waals surface area contributed by atoms with E-state index in [1.807, 2.05) is 35.2 Å². The van der Waals surface area contributed by atoms with Gasteiger partial charge in [-0.3, -0.25) is 4.90 Å². The van der Waals surface area contributed by atoms with Gasteiger partial charge in [-0.25, -0.2) is 4.79 Å². The molecule has 154 valence electrons. The number of piperazine rings is 1. The molecular weight excluding hydrogens is 370 g/mol. The van der Waals surface area contributed by atoms with Gasteiger partial charge in [-0.15, -0.1) is 0 Å². The van der Waals surface area contributed by atoms with E-state index in [1.54, 1.807) is 0 Å². The first-order valence-electron chi connectivity index (χ1n) is 10.6. The Kier molecular flexibility index (Phi) is 6.15. The van der Waals surface area contributed by atoms with E-state index >= 15 is 0 Å². The maximum atomic E-state index is 12.7. The first-order valence-corrected chi connectivity index (χ1v) is 10.6. The molecule has 1 aliphatic heterocycles. The summed E-state index contributed by atoms with van der Waals surface area (Å²) in [7, 11) is 0. The van der Waals surface area contributed by atoms with Crippen molar-refractivity contribution in [3.05, 3.63) is 101 Å². The van der Waals surface area contributed by atoms with Gasteiger partial charge < -0.3 is 10.2 Å². The molecule has 30 heavy (non-hydrogen) atoms. The van der Waals surface area contributed by atoms with E-state index in [2.05, 4.69) is 72.6 Å². The van der Waals surface area contributed by atoms with E-state index < -0.39 is 0 Å². The lowest BCUT2D eigenvalue weighted by Gasteiger charge is -2.40. The Morgan fingerprint density at radius 1 is 0.800 bits per heavy atom. The maximum absolute atomic E-state index is 12.7. The number of amides is 2. The summed E-state index contributed by atoms with van der Waals surface area (Å²) in [5.41, 5.74) is 6.04. The molecule has 4 rings (SSSR count). The lowest BCUT2D eigenvalue weighted by molar-refractivity contribution is 0.126. The number of anilines is 1. The molecule has 4 nitrogen and oxygen atoms in total. The van der Waals surface area contributed by atoms with Crippen LogP contribution in [-0.2, 0) is 0 Å². The van der Waals surface area contributed by atoms with Gasteiger partial charge in [0, 0.05) is 31.9 Å². The zero-order valence-corrected chi connectivity index (χ0v) is 17.7. The fourth-order valence-electron chi connectivity index (χ4n) is 4.14. The van der Waals surface area contributed by atoms with E-state index in [0.717, 1.165) is 18.8 Å². The van der Waals surface area contributed by atoms with E-state index in [-0.39, 0.29) is 12.1 Å². The summed E-state index contributed by atoms with van der Waals surface area (Å²) < 4.78 is 0. The molecular formula is C26H29N3O. The number of urea groups is 1. The quantitative estimate of drug-likeness (QED) is 0.651. The number of benzene rings is 3. The van der Waals surface area contributed by atoms with Gasteiger partial charge >= 0.3 is 6.03 Å². The monoisotopic (exact) mass is 399 g/mol. The first kappa shape index (κ1) is 20.2. The zero-order chi connectivity index (χ0) is 20.9. The number of rotatable bonds is 4. The Morgan fingerprint density at radius 2 is 1.43 bits per heavy atom. The molecule has 0 aliphatic carbocycles. The number of para-hydroxylation sites is 1. The van der Waals surface area contributed by atoms with Crippen molar-refractivity contribution < 1.29 is 4.79 Å². The van der Waals surface area contributed by atoms with Gasteiger partial charge in [-0.1, -0.05) is 72.3 Å². The van der Waals surface area contributed by atoms with Crippen LogP contribution >= 0.6 is 0 Å². The molecule has 0 saturated carbocycles. The smallest absolute Gasteiger partial charge is 0.321 e. The van der Waals surface area contributed by atoms with E-state index in [9.17, 15) is 4.79 Å². The standard InChI is InChI=1S/C26H29N3O/c1-20-12-14-22(15-13-20)25(24-11-7-6-8-21(24)2)28-16-18-29(19-17-28)26(30)27-23-9-4-3-5-10-23/h3-15,25H,16-19H2,1-2H3,(H,27,30). The van der Waals surface area contributed by atoms with Crippen LogP contribution in [0.25, 0.3) is 0 Å². The van der Waals surface area contributed by atoms with E-state index in [4.69, 9.17) is 0 Å². The largest absolute Gasteiger partial charge is 0.322 e. The number of nitrogens with zero attached hydrogens (tertiary/aromatic N) is 2. The summed E-state index contributed by atoms with van der Waals surface area (Å²) in [5, 5.41) is 3.00. The Bertz CT molecular complexity index is 977. The Balaban J connectivity index is 1.50. The van der Waals surface area contributed by atoms with Crippen molar-refractivity contribution in [3.63, 3.8) is 0 Å². The van der Waals surface area contributed by atoms with E-state index in [1.165, 1.54) is 22.3 Å². The molecule has 4 heteroatoms. The van der Waals surface area contributed by atoms with Crippen LogP contribution in [0.3, 0.4) is 0 Å². The molecule has 3 aromatic carbocycles. The van der Waals surface area contributed by atoms with Crippen LogP contribution in [0.15, 0.2) is 78.9 Å². The molecule has 0 bridgehead atoms. The molecule has 1 saturated heterocycles. The van der Waals surface area contributed by atoms with Gasteiger partial charge in [0.05, 0.1) is 6.04 Å². The highest BCUT2D eigenvalue weighted by atomic mass is 16.2. The lowest BCUT2D eigenvalue weighted by atomic mass is 9.92. The molecule has 0 aromatic heterocycles. The number of hydrogen-bond donors (Lipinski definition) is 1.